The minimum atomic E-state index is -0.287. The van der Waals surface area contributed by atoms with Gasteiger partial charge in [0, 0.05) is 22.7 Å². The van der Waals surface area contributed by atoms with Gasteiger partial charge < -0.3 is 5.32 Å². The number of halogens is 1. The number of amides is 1. The second-order valence-electron chi connectivity index (χ2n) is 6.71. The lowest BCUT2D eigenvalue weighted by Gasteiger charge is -2.22. The van der Waals surface area contributed by atoms with E-state index in [4.69, 9.17) is 11.6 Å². The third kappa shape index (κ3) is 5.34. The average molecular weight is 379 g/mol. The van der Waals surface area contributed by atoms with Crippen LogP contribution in [0.2, 0.25) is 5.02 Å². The Morgan fingerprint density at radius 1 is 1.36 bits per heavy atom. The topological polar surface area (TPSA) is 59.8 Å². The maximum Gasteiger partial charge on any atom is 0.233 e. The van der Waals surface area contributed by atoms with Gasteiger partial charge in [0.2, 0.25) is 5.91 Å². The summed E-state index contributed by atoms with van der Waals surface area (Å²) in [5.41, 5.74) is 0.646. The highest BCUT2D eigenvalue weighted by Crippen LogP contribution is 2.28. The number of thioether (sulfide) groups is 1. The summed E-state index contributed by atoms with van der Waals surface area (Å²) in [6.07, 6.45) is 1.78. The first-order chi connectivity index (χ1) is 11.7. The van der Waals surface area contributed by atoms with Crippen molar-refractivity contribution in [3.05, 3.63) is 41.9 Å². The monoisotopic (exact) mass is 378 g/mol. The molecule has 1 heterocycles. The largest absolute Gasteiger partial charge is 0.351 e. The van der Waals surface area contributed by atoms with Crippen molar-refractivity contribution >= 4 is 29.3 Å². The molecule has 0 unspecified atom stereocenters. The molecule has 2 rings (SSSR count). The molecule has 1 aromatic heterocycles. The molecule has 1 amide bonds. The molecule has 7 heteroatoms. The van der Waals surface area contributed by atoms with E-state index in [-0.39, 0.29) is 16.7 Å². The van der Waals surface area contributed by atoms with Crippen molar-refractivity contribution in [1.29, 1.82) is 0 Å². The van der Waals surface area contributed by atoms with E-state index < -0.39 is 0 Å². The Morgan fingerprint density at radius 2 is 2.00 bits per heavy atom. The number of carbonyl (C=O) groups excluding carboxylic acids is 1. The van der Waals surface area contributed by atoms with Crippen LogP contribution < -0.4 is 5.32 Å². The lowest BCUT2D eigenvalue weighted by Crippen LogP contribution is -2.44. The van der Waals surface area contributed by atoms with Gasteiger partial charge in [0.05, 0.1) is 5.25 Å². The zero-order valence-electron chi connectivity index (χ0n) is 14.9. The Labute approximate surface area is 157 Å². The number of nitrogens with zero attached hydrogens (tertiary/aromatic N) is 3. The minimum absolute atomic E-state index is 0.0290. The van der Waals surface area contributed by atoms with Gasteiger partial charge in [-0.2, -0.15) is 0 Å². The second kappa shape index (κ2) is 8.06. The van der Waals surface area contributed by atoms with Crippen LogP contribution in [0.1, 0.15) is 27.7 Å². The molecule has 1 aromatic carbocycles. The SMILES string of the molecule is C=CCn1c(S[C@@H](C)C(=O)NC(C)(C)C)nnc1-c1ccc(Cl)cc1. The zero-order chi connectivity index (χ0) is 18.6. The van der Waals surface area contributed by atoms with Crippen LogP contribution in [0.3, 0.4) is 0 Å². The fourth-order valence-corrected chi connectivity index (χ4v) is 3.15. The number of nitrogens with one attached hydrogen (secondary N) is 1. The third-order valence-electron chi connectivity index (χ3n) is 3.28. The highest BCUT2D eigenvalue weighted by molar-refractivity contribution is 8.00. The summed E-state index contributed by atoms with van der Waals surface area (Å²) in [6, 6.07) is 7.43. The molecule has 0 spiro atoms. The Morgan fingerprint density at radius 3 is 2.56 bits per heavy atom. The van der Waals surface area contributed by atoms with Gasteiger partial charge in [-0.15, -0.1) is 16.8 Å². The molecule has 134 valence electrons. The first-order valence-electron chi connectivity index (χ1n) is 8.00. The van der Waals surface area contributed by atoms with Gasteiger partial charge >= 0.3 is 0 Å². The lowest BCUT2D eigenvalue weighted by atomic mass is 10.1. The molecule has 0 bridgehead atoms. The van der Waals surface area contributed by atoms with Crippen LogP contribution in [-0.4, -0.2) is 31.5 Å². The molecule has 0 saturated heterocycles. The maximum absolute atomic E-state index is 12.3. The Bertz CT molecular complexity index is 749. The molecule has 5 nitrogen and oxygen atoms in total. The van der Waals surface area contributed by atoms with Crippen molar-refractivity contribution < 1.29 is 4.79 Å². The van der Waals surface area contributed by atoms with Crippen molar-refractivity contribution in [3.63, 3.8) is 0 Å². The summed E-state index contributed by atoms with van der Waals surface area (Å²) < 4.78 is 1.95. The molecule has 1 N–H and O–H groups in total. The van der Waals surface area contributed by atoms with E-state index in [0.717, 1.165) is 11.4 Å². The van der Waals surface area contributed by atoms with Crippen LogP contribution >= 0.6 is 23.4 Å². The van der Waals surface area contributed by atoms with E-state index in [1.165, 1.54) is 11.8 Å². The summed E-state index contributed by atoms with van der Waals surface area (Å²) in [7, 11) is 0. The van der Waals surface area contributed by atoms with Crippen molar-refractivity contribution in [3.8, 4) is 11.4 Å². The summed E-state index contributed by atoms with van der Waals surface area (Å²) >= 11 is 7.34. The van der Waals surface area contributed by atoms with Crippen molar-refractivity contribution in [2.45, 2.75) is 50.2 Å². The van der Waals surface area contributed by atoms with Crippen molar-refractivity contribution in [1.82, 2.24) is 20.1 Å². The summed E-state index contributed by atoms with van der Waals surface area (Å²) in [5, 5.41) is 12.6. The smallest absolute Gasteiger partial charge is 0.233 e. The van der Waals surface area contributed by atoms with E-state index in [1.807, 2.05) is 56.5 Å². The summed E-state index contributed by atoms with van der Waals surface area (Å²) in [6.45, 7) is 12.1. The van der Waals surface area contributed by atoms with Crippen LogP contribution in [-0.2, 0) is 11.3 Å². The van der Waals surface area contributed by atoms with Crippen LogP contribution in [0.4, 0.5) is 0 Å². The molecule has 2 aromatic rings. The fraction of sp³-hybridized carbons (Fsp3) is 0.389. The highest BCUT2D eigenvalue weighted by atomic mass is 35.5. The molecular formula is C18H23ClN4OS. The van der Waals surface area contributed by atoms with Crippen molar-refractivity contribution in [2.75, 3.05) is 0 Å². The van der Waals surface area contributed by atoms with Gasteiger partial charge in [-0.1, -0.05) is 29.4 Å². The number of aromatic nitrogens is 3. The van der Waals surface area contributed by atoms with Crippen LogP contribution in [0, 0.1) is 0 Å². The normalized spacial score (nSPS) is 12.7. The Hall–Kier alpha value is -1.79. The van der Waals surface area contributed by atoms with E-state index in [0.29, 0.717) is 16.7 Å². The van der Waals surface area contributed by atoms with Crippen LogP contribution in [0.15, 0.2) is 42.1 Å². The van der Waals surface area contributed by atoms with E-state index in [1.54, 1.807) is 6.08 Å². The number of hydrogen-bond acceptors (Lipinski definition) is 4. The van der Waals surface area contributed by atoms with Crippen LogP contribution in [0.5, 0.6) is 0 Å². The lowest BCUT2D eigenvalue weighted by molar-refractivity contribution is -0.121. The first-order valence-corrected chi connectivity index (χ1v) is 9.26. The number of hydrogen-bond donors (Lipinski definition) is 1. The second-order valence-corrected chi connectivity index (χ2v) is 8.46. The molecule has 0 radical (unpaired) electrons. The highest BCUT2D eigenvalue weighted by Gasteiger charge is 2.23. The predicted molar refractivity (Wildman–Crippen MR) is 104 cm³/mol. The van der Waals surface area contributed by atoms with Gasteiger partial charge in [-0.25, -0.2) is 0 Å². The molecule has 0 aliphatic heterocycles. The van der Waals surface area contributed by atoms with Gasteiger partial charge in [0.25, 0.3) is 0 Å². The third-order valence-corrected chi connectivity index (χ3v) is 4.61. The quantitative estimate of drug-likeness (QED) is 0.605. The number of carbonyl (C=O) groups is 1. The number of benzene rings is 1. The van der Waals surface area contributed by atoms with Crippen molar-refractivity contribution in [2.24, 2.45) is 0 Å². The standard InChI is InChI=1S/C18H23ClN4OS/c1-6-11-23-15(13-7-9-14(19)10-8-13)21-22-17(23)25-12(2)16(24)20-18(3,4)5/h6-10,12H,1,11H2,2-5H3,(H,20,24)/t12-/m0/s1. The fourth-order valence-electron chi connectivity index (χ4n) is 2.16. The van der Waals surface area contributed by atoms with E-state index in [9.17, 15) is 4.79 Å². The zero-order valence-corrected chi connectivity index (χ0v) is 16.5. The van der Waals surface area contributed by atoms with E-state index >= 15 is 0 Å². The van der Waals surface area contributed by atoms with E-state index in [2.05, 4.69) is 22.1 Å². The van der Waals surface area contributed by atoms with Gasteiger partial charge in [0.1, 0.15) is 0 Å². The first kappa shape index (κ1) is 19.5. The van der Waals surface area contributed by atoms with Gasteiger partial charge in [-0.05, 0) is 52.0 Å². The molecule has 1 atom stereocenters. The van der Waals surface area contributed by atoms with Gasteiger partial charge in [0.15, 0.2) is 11.0 Å². The molecule has 0 aliphatic carbocycles. The maximum atomic E-state index is 12.3. The molecule has 0 saturated carbocycles. The Kier molecular flexibility index (Phi) is 6.30. The van der Waals surface area contributed by atoms with Gasteiger partial charge in [-0.3, -0.25) is 9.36 Å². The Balaban J connectivity index is 2.25. The number of allylic oxidation sites excluding steroid dienone is 1. The minimum Gasteiger partial charge on any atom is -0.351 e. The molecule has 0 aliphatic rings. The van der Waals surface area contributed by atoms with Crippen LogP contribution in [0.25, 0.3) is 11.4 Å². The summed E-state index contributed by atoms with van der Waals surface area (Å²) in [5.74, 6) is 0.696. The molecule has 25 heavy (non-hydrogen) atoms. The molecular weight excluding hydrogens is 356 g/mol. The summed E-state index contributed by atoms with van der Waals surface area (Å²) in [4.78, 5) is 12.3. The predicted octanol–water partition coefficient (Wildman–Crippen LogP) is 4.18. The molecule has 0 fully saturated rings. The average Bonchev–Trinajstić information content (AvgIpc) is 2.89. The number of rotatable bonds is 6.